The Bertz CT molecular complexity index is 371. The molecule has 0 bridgehead atoms. The van der Waals surface area contributed by atoms with Crippen LogP contribution in [0, 0.1) is 11.8 Å². The van der Waals surface area contributed by atoms with Gasteiger partial charge in [0.05, 0.1) is 0 Å². The molecule has 1 aliphatic heterocycles. The van der Waals surface area contributed by atoms with E-state index in [1.807, 2.05) is 0 Å². The minimum atomic E-state index is 0.115. The highest BCUT2D eigenvalue weighted by atomic mass is 15.2. The lowest BCUT2D eigenvalue weighted by Crippen LogP contribution is -2.23. The van der Waals surface area contributed by atoms with Crippen molar-refractivity contribution in [3.8, 4) is 0 Å². The number of hydrogen-bond acceptors (Lipinski definition) is 2. The second-order valence-corrected chi connectivity index (χ2v) is 5.59. The van der Waals surface area contributed by atoms with E-state index in [4.69, 9.17) is 5.73 Å². The van der Waals surface area contributed by atoms with Crippen LogP contribution in [-0.4, -0.2) is 13.1 Å². The molecule has 0 aliphatic carbocycles. The van der Waals surface area contributed by atoms with Gasteiger partial charge in [0.25, 0.3) is 0 Å². The molecule has 2 N–H and O–H groups in total. The minimum absolute atomic E-state index is 0.115. The molecule has 17 heavy (non-hydrogen) atoms. The van der Waals surface area contributed by atoms with Crippen LogP contribution in [0.4, 0.5) is 5.69 Å². The van der Waals surface area contributed by atoms with Crippen LogP contribution in [-0.2, 0) is 0 Å². The zero-order valence-corrected chi connectivity index (χ0v) is 11.2. The molecule has 1 heterocycles. The predicted molar refractivity (Wildman–Crippen MR) is 74.2 cm³/mol. The first kappa shape index (κ1) is 12.4. The Morgan fingerprint density at radius 2 is 1.94 bits per heavy atom. The third kappa shape index (κ3) is 2.63. The first-order valence-corrected chi connectivity index (χ1v) is 6.69. The van der Waals surface area contributed by atoms with Gasteiger partial charge >= 0.3 is 0 Å². The molecule has 0 saturated carbocycles. The van der Waals surface area contributed by atoms with Crippen molar-refractivity contribution in [2.24, 2.45) is 17.6 Å². The first-order valence-electron chi connectivity index (χ1n) is 6.69. The second kappa shape index (κ2) is 5.09. The number of hydrogen-bond donors (Lipinski definition) is 1. The van der Waals surface area contributed by atoms with E-state index in [0.29, 0.717) is 0 Å². The molecule has 1 fully saturated rings. The van der Waals surface area contributed by atoms with Crippen LogP contribution in [0.5, 0.6) is 0 Å². The molecule has 1 saturated heterocycles. The zero-order chi connectivity index (χ0) is 12.4. The summed E-state index contributed by atoms with van der Waals surface area (Å²) < 4.78 is 0. The van der Waals surface area contributed by atoms with E-state index in [-0.39, 0.29) is 6.04 Å². The number of para-hydroxylation sites is 1. The third-order valence-electron chi connectivity index (χ3n) is 3.94. The number of nitrogens with two attached hydrogens (primary N) is 1. The lowest BCUT2D eigenvalue weighted by Gasteiger charge is -2.24. The molecule has 2 rings (SSSR count). The van der Waals surface area contributed by atoms with Crippen molar-refractivity contribution in [2.75, 3.05) is 18.0 Å². The van der Waals surface area contributed by atoms with Gasteiger partial charge in [0, 0.05) is 24.8 Å². The Hall–Kier alpha value is -1.02. The Morgan fingerprint density at radius 3 is 2.53 bits per heavy atom. The fraction of sp³-hybridized carbons (Fsp3) is 0.600. The molecule has 2 nitrogen and oxygen atoms in total. The van der Waals surface area contributed by atoms with Crippen LogP contribution in [0.25, 0.3) is 0 Å². The lowest BCUT2D eigenvalue weighted by atomic mass is 9.95. The van der Waals surface area contributed by atoms with Crippen molar-refractivity contribution in [1.29, 1.82) is 0 Å². The molecule has 2 heteroatoms. The quantitative estimate of drug-likeness (QED) is 0.867. The molecule has 0 spiro atoms. The highest BCUT2D eigenvalue weighted by Crippen LogP contribution is 2.32. The Kier molecular flexibility index (Phi) is 3.72. The Morgan fingerprint density at radius 1 is 1.24 bits per heavy atom. The van der Waals surface area contributed by atoms with Crippen LogP contribution >= 0.6 is 0 Å². The Balaban J connectivity index is 2.18. The summed E-state index contributed by atoms with van der Waals surface area (Å²) in [5.41, 5.74) is 8.66. The summed E-state index contributed by atoms with van der Waals surface area (Å²) in [6.07, 6.45) is 1.31. The van der Waals surface area contributed by atoms with Gasteiger partial charge in [-0.15, -0.1) is 0 Å². The van der Waals surface area contributed by atoms with Gasteiger partial charge in [-0.3, -0.25) is 0 Å². The number of nitrogens with zero attached hydrogens (tertiary/aromatic N) is 1. The molecule has 0 amide bonds. The van der Waals surface area contributed by atoms with Crippen molar-refractivity contribution < 1.29 is 0 Å². The van der Waals surface area contributed by atoms with E-state index >= 15 is 0 Å². The van der Waals surface area contributed by atoms with E-state index in [1.165, 1.54) is 30.8 Å². The topological polar surface area (TPSA) is 29.3 Å². The van der Waals surface area contributed by atoms with Gasteiger partial charge in [0.15, 0.2) is 0 Å². The first-order chi connectivity index (χ1) is 8.09. The normalized spacial score (nSPS) is 22.2. The van der Waals surface area contributed by atoms with Crippen LogP contribution in [0.15, 0.2) is 24.3 Å². The number of benzene rings is 1. The molecule has 2 atom stereocenters. The summed E-state index contributed by atoms with van der Waals surface area (Å²) >= 11 is 0. The largest absolute Gasteiger partial charge is 0.371 e. The molecule has 0 radical (unpaired) electrons. The highest BCUT2D eigenvalue weighted by Gasteiger charge is 2.26. The molecular formula is C15H24N2. The van der Waals surface area contributed by atoms with Crippen molar-refractivity contribution >= 4 is 5.69 Å². The van der Waals surface area contributed by atoms with Gasteiger partial charge in [-0.1, -0.05) is 32.0 Å². The SMILES string of the molecule is CC(N)c1ccccc1N1CCC(C(C)C)C1. The summed E-state index contributed by atoms with van der Waals surface area (Å²) in [4.78, 5) is 2.50. The van der Waals surface area contributed by atoms with Crippen molar-refractivity contribution in [1.82, 2.24) is 0 Å². The molecule has 1 aliphatic rings. The van der Waals surface area contributed by atoms with Gasteiger partial charge in [0.2, 0.25) is 0 Å². The summed E-state index contributed by atoms with van der Waals surface area (Å²) in [6.45, 7) is 9.07. The maximum atomic E-state index is 6.05. The van der Waals surface area contributed by atoms with Gasteiger partial charge in [-0.25, -0.2) is 0 Å². The van der Waals surface area contributed by atoms with E-state index in [0.717, 1.165) is 11.8 Å². The van der Waals surface area contributed by atoms with Gasteiger partial charge < -0.3 is 10.6 Å². The Labute approximate surface area is 105 Å². The zero-order valence-electron chi connectivity index (χ0n) is 11.2. The number of rotatable bonds is 3. The van der Waals surface area contributed by atoms with Crippen LogP contribution in [0.3, 0.4) is 0 Å². The molecule has 2 unspecified atom stereocenters. The fourth-order valence-corrected chi connectivity index (χ4v) is 2.71. The molecule has 0 aromatic heterocycles. The monoisotopic (exact) mass is 232 g/mol. The van der Waals surface area contributed by atoms with Crippen LogP contribution in [0.1, 0.15) is 38.8 Å². The fourth-order valence-electron chi connectivity index (χ4n) is 2.71. The molecule has 94 valence electrons. The number of anilines is 1. The van der Waals surface area contributed by atoms with E-state index in [9.17, 15) is 0 Å². The summed E-state index contributed by atoms with van der Waals surface area (Å²) in [5, 5.41) is 0. The van der Waals surface area contributed by atoms with Gasteiger partial charge in [-0.2, -0.15) is 0 Å². The van der Waals surface area contributed by atoms with E-state index in [2.05, 4.69) is 49.9 Å². The van der Waals surface area contributed by atoms with Gasteiger partial charge in [0.1, 0.15) is 0 Å². The third-order valence-corrected chi connectivity index (χ3v) is 3.94. The standard InChI is InChI=1S/C15H24N2/c1-11(2)13-8-9-17(10-13)15-7-5-4-6-14(15)12(3)16/h4-7,11-13H,8-10,16H2,1-3H3. The molecular weight excluding hydrogens is 208 g/mol. The van der Waals surface area contributed by atoms with E-state index < -0.39 is 0 Å². The van der Waals surface area contributed by atoms with E-state index in [1.54, 1.807) is 0 Å². The van der Waals surface area contributed by atoms with Crippen molar-refractivity contribution in [3.63, 3.8) is 0 Å². The molecule has 1 aromatic carbocycles. The average Bonchev–Trinajstić information content (AvgIpc) is 2.78. The highest BCUT2D eigenvalue weighted by molar-refractivity contribution is 5.55. The van der Waals surface area contributed by atoms with Crippen molar-refractivity contribution in [2.45, 2.75) is 33.2 Å². The van der Waals surface area contributed by atoms with Crippen LogP contribution < -0.4 is 10.6 Å². The maximum absolute atomic E-state index is 6.05. The predicted octanol–water partition coefficient (Wildman–Crippen LogP) is 3.19. The average molecular weight is 232 g/mol. The van der Waals surface area contributed by atoms with Crippen molar-refractivity contribution in [3.05, 3.63) is 29.8 Å². The maximum Gasteiger partial charge on any atom is 0.0414 e. The summed E-state index contributed by atoms with van der Waals surface area (Å²) in [5.74, 6) is 1.61. The lowest BCUT2D eigenvalue weighted by molar-refractivity contribution is 0.422. The summed E-state index contributed by atoms with van der Waals surface area (Å²) in [7, 11) is 0. The second-order valence-electron chi connectivity index (χ2n) is 5.59. The molecule has 1 aromatic rings. The van der Waals surface area contributed by atoms with Crippen LogP contribution in [0.2, 0.25) is 0 Å². The minimum Gasteiger partial charge on any atom is -0.371 e. The van der Waals surface area contributed by atoms with Gasteiger partial charge in [-0.05, 0) is 36.8 Å². The summed E-state index contributed by atoms with van der Waals surface area (Å²) in [6, 6.07) is 8.68. The smallest absolute Gasteiger partial charge is 0.0414 e.